The minimum atomic E-state index is -0.417. The predicted octanol–water partition coefficient (Wildman–Crippen LogP) is 7.85. The maximum atomic E-state index is 11.5. The van der Waals surface area contributed by atoms with E-state index in [9.17, 15) is 9.90 Å². The number of hydrogen-bond donors (Lipinski definition) is 1. The fourth-order valence-electron chi connectivity index (χ4n) is 2.49. The van der Waals surface area contributed by atoms with Gasteiger partial charge in [0.15, 0.2) is 5.78 Å². The summed E-state index contributed by atoms with van der Waals surface area (Å²) in [5, 5.41) is 9.56. The molecule has 0 aromatic heterocycles. The van der Waals surface area contributed by atoms with E-state index in [4.69, 9.17) is 0 Å². The van der Waals surface area contributed by atoms with E-state index in [1.54, 1.807) is 0 Å². The van der Waals surface area contributed by atoms with E-state index in [0.717, 1.165) is 0 Å². The molecule has 0 fully saturated rings. The van der Waals surface area contributed by atoms with Crippen molar-refractivity contribution in [3.8, 4) is 11.1 Å². The molecule has 3 heteroatoms. The molecule has 0 aliphatic rings. The predicted molar refractivity (Wildman–Crippen MR) is 129 cm³/mol. The van der Waals surface area contributed by atoms with Gasteiger partial charge in [-0.2, -0.15) is 29.8 Å². The van der Waals surface area contributed by atoms with Crippen LogP contribution in [0.1, 0.15) is 73.4 Å². The Morgan fingerprint density at radius 1 is 0.839 bits per heavy atom. The first kappa shape index (κ1) is 29.3. The third-order valence-electron chi connectivity index (χ3n) is 4.81. The molecule has 0 heterocycles. The Hall–Kier alpha value is -1.70. The molecule has 0 atom stereocenters. The number of hydrogen-bond acceptors (Lipinski definition) is 2. The Labute approximate surface area is 203 Å². The SMILES string of the molecule is CC(C)(C)C(=O)/C=C(\O)C(C)(C)C.Cc1[c-]ccc(-c2ccc(C(C)(C)C)cc2)c1.[Ir]. The largest absolute Gasteiger partial charge is 0.512 e. The second-order valence-corrected chi connectivity index (χ2v) is 11.0. The van der Waals surface area contributed by atoms with Gasteiger partial charge in [0.1, 0.15) is 5.76 Å². The number of carbonyl (C=O) groups is 1. The second kappa shape index (κ2) is 11.2. The summed E-state index contributed by atoms with van der Waals surface area (Å²) in [6, 6.07) is 18.3. The Morgan fingerprint density at radius 2 is 1.35 bits per heavy atom. The molecule has 2 rings (SSSR count). The molecule has 0 unspecified atom stereocenters. The van der Waals surface area contributed by atoms with Gasteiger partial charge >= 0.3 is 0 Å². The van der Waals surface area contributed by atoms with Crippen molar-refractivity contribution in [2.75, 3.05) is 0 Å². The summed E-state index contributed by atoms with van der Waals surface area (Å²) < 4.78 is 0. The number of carbonyl (C=O) groups excluding carboxylic acids is 1. The fraction of sp³-hybridized carbons (Fsp3) is 0.464. The van der Waals surface area contributed by atoms with Crippen LogP contribution in [-0.4, -0.2) is 10.9 Å². The van der Waals surface area contributed by atoms with Gasteiger partial charge in [0.05, 0.1) is 0 Å². The van der Waals surface area contributed by atoms with Crippen molar-refractivity contribution in [1.29, 1.82) is 0 Å². The van der Waals surface area contributed by atoms with E-state index < -0.39 is 5.41 Å². The summed E-state index contributed by atoms with van der Waals surface area (Å²) in [6.07, 6.45) is 1.33. The van der Waals surface area contributed by atoms with Crippen molar-refractivity contribution in [1.82, 2.24) is 0 Å². The Morgan fingerprint density at radius 3 is 1.74 bits per heavy atom. The van der Waals surface area contributed by atoms with Crippen LogP contribution in [0.15, 0.2) is 54.3 Å². The first-order valence-electron chi connectivity index (χ1n) is 10.6. The summed E-state index contributed by atoms with van der Waals surface area (Å²) in [7, 11) is 0. The molecule has 0 saturated carbocycles. The molecule has 0 bridgehead atoms. The number of allylic oxidation sites excluding steroid dienone is 2. The van der Waals surface area contributed by atoms with Crippen LogP contribution in [0.2, 0.25) is 0 Å². The summed E-state index contributed by atoms with van der Waals surface area (Å²) in [5.74, 6) is 0.104. The fourth-order valence-corrected chi connectivity index (χ4v) is 2.49. The van der Waals surface area contributed by atoms with Gasteiger partial charge in [-0.25, -0.2) is 0 Å². The number of rotatable bonds is 2. The monoisotopic (exact) mass is 600 g/mol. The number of aryl methyl sites for hydroxylation is 1. The van der Waals surface area contributed by atoms with E-state index in [1.165, 1.54) is 28.3 Å². The maximum Gasteiger partial charge on any atom is 0.164 e. The topological polar surface area (TPSA) is 37.3 Å². The van der Waals surface area contributed by atoms with Crippen LogP contribution in [0, 0.1) is 23.8 Å². The standard InChI is InChI=1S/C17H19.C11H20O2.Ir/c1-13-6-5-7-15(12-13)14-8-10-16(11-9-14)17(2,3)4;1-10(2,3)8(12)7-9(13)11(4,5)6;/h5,7-12H,1-4H3;7,12H,1-6H3;/q-1;;/b;8-7-;. The normalized spacial score (nSPS) is 12.4. The molecule has 2 aromatic carbocycles. The van der Waals surface area contributed by atoms with Crippen molar-refractivity contribution in [2.24, 2.45) is 10.8 Å². The molecule has 31 heavy (non-hydrogen) atoms. The zero-order chi connectivity index (χ0) is 23.3. The molecule has 173 valence electrons. The third kappa shape index (κ3) is 9.97. The summed E-state index contributed by atoms with van der Waals surface area (Å²) >= 11 is 0. The summed E-state index contributed by atoms with van der Waals surface area (Å²) in [5.41, 5.74) is 4.55. The molecule has 0 aliphatic carbocycles. The summed E-state index contributed by atoms with van der Waals surface area (Å²) in [6.45, 7) is 19.9. The van der Waals surface area contributed by atoms with Gasteiger partial charge in [-0.1, -0.05) is 93.5 Å². The molecule has 1 N–H and O–H groups in total. The average molecular weight is 600 g/mol. The maximum absolute atomic E-state index is 11.5. The van der Waals surface area contributed by atoms with Crippen LogP contribution in [0.5, 0.6) is 0 Å². The zero-order valence-corrected chi connectivity index (χ0v) is 23.2. The van der Waals surface area contributed by atoms with Gasteiger partial charge in [0, 0.05) is 37.0 Å². The molecule has 2 nitrogen and oxygen atoms in total. The molecule has 2 aromatic rings. The third-order valence-corrected chi connectivity index (χ3v) is 4.81. The number of aliphatic hydroxyl groups excluding tert-OH is 1. The first-order valence-corrected chi connectivity index (χ1v) is 10.6. The molecule has 0 amide bonds. The average Bonchev–Trinajstić information content (AvgIpc) is 2.60. The molecule has 0 aliphatic heterocycles. The van der Waals surface area contributed by atoms with Gasteiger partial charge in [0.25, 0.3) is 0 Å². The van der Waals surface area contributed by atoms with Crippen molar-refractivity contribution in [3.63, 3.8) is 0 Å². The molecular formula is C28H39IrO2-. The van der Waals surface area contributed by atoms with Crippen LogP contribution in [-0.2, 0) is 30.3 Å². The number of benzene rings is 2. The summed E-state index contributed by atoms with van der Waals surface area (Å²) in [4.78, 5) is 11.5. The van der Waals surface area contributed by atoms with E-state index in [0.29, 0.717) is 0 Å². The number of aliphatic hydroxyl groups is 1. The van der Waals surface area contributed by atoms with E-state index in [2.05, 4.69) is 70.2 Å². The van der Waals surface area contributed by atoms with E-state index in [1.807, 2.05) is 47.6 Å². The minimum Gasteiger partial charge on any atom is -0.512 e. The Kier molecular flexibility index (Phi) is 10.6. The zero-order valence-electron chi connectivity index (χ0n) is 20.8. The molecule has 0 spiro atoms. The smallest absolute Gasteiger partial charge is 0.164 e. The van der Waals surface area contributed by atoms with Crippen molar-refractivity contribution in [2.45, 2.75) is 74.7 Å². The number of ketones is 1. The van der Waals surface area contributed by atoms with Crippen LogP contribution in [0.25, 0.3) is 11.1 Å². The van der Waals surface area contributed by atoms with Gasteiger partial charge in [-0.05, 0) is 16.5 Å². The van der Waals surface area contributed by atoms with E-state index in [-0.39, 0.29) is 42.5 Å². The quantitative estimate of drug-likeness (QED) is 0.217. The van der Waals surface area contributed by atoms with E-state index >= 15 is 0 Å². The van der Waals surface area contributed by atoms with Crippen molar-refractivity contribution >= 4 is 5.78 Å². The van der Waals surface area contributed by atoms with Crippen LogP contribution in [0.3, 0.4) is 0 Å². The van der Waals surface area contributed by atoms with Crippen LogP contribution < -0.4 is 0 Å². The van der Waals surface area contributed by atoms with Gasteiger partial charge < -0.3 is 5.11 Å². The Bertz CT molecular complexity index is 871. The van der Waals surface area contributed by atoms with Crippen LogP contribution in [0.4, 0.5) is 0 Å². The molecule has 0 saturated heterocycles. The van der Waals surface area contributed by atoms with Gasteiger partial charge in [-0.3, -0.25) is 4.79 Å². The van der Waals surface area contributed by atoms with Gasteiger partial charge in [-0.15, -0.1) is 5.56 Å². The first-order chi connectivity index (χ1) is 13.5. The van der Waals surface area contributed by atoms with Crippen molar-refractivity contribution < 1.29 is 30.0 Å². The van der Waals surface area contributed by atoms with Gasteiger partial charge in [0.2, 0.25) is 0 Å². The van der Waals surface area contributed by atoms with Crippen molar-refractivity contribution in [3.05, 3.63) is 71.5 Å². The minimum absolute atomic E-state index is 0. The van der Waals surface area contributed by atoms with Crippen LogP contribution >= 0.6 is 0 Å². The Balaban J connectivity index is 0.000000586. The molecule has 1 radical (unpaired) electrons. The second-order valence-electron chi connectivity index (χ2n) is 11.0. The molecular weight excluding hydrogens is 561 g/mol.